The number of nitrogens with one attached hydrogen (secondary N) is 2. The van der Waals surface area contributed by atoms with Gasteiger partial charge in [0.2, 0.25) is 5.91 Å². The SMILES string of the molecule is CC(C)(CNC(=O)OC(C)(C)C)NC(=O)/C=C/c1nc2ccccc2s1. The van der Waals surface area contributed by atoms with E-state index in [1.807, 2.05) is 38.1 Å². The number of carbonyl (C=O) groups is 2. The highest BCUT2D eigenvalue weighted by Gasteiger charge is 2.22. The molecule has 0 unspecified atom stereocenters. The molecule has 1 heterocycles. The summed E-state index contributed by atoms with van der Waals surface area (Å²) in [5, 5.41) is 6.29. The molecule has 0 saturated heterocycles. The van der Waals surface area contributed by atoms with Gasteiger partial charge in [-0.15, -0.1) is 11.3 Å². The number of rotatable bonds is 5. The summed E-state index contributed by atoms with van der Waals surface area (Å²) in [4.78, 5) is 28.3. The van der Waals surface area contributed by atoms with Crippen LogP contribution in [0.2, 0.25) is 0 Å². The maximum absolute atomic E-state index is 12.2. The molecule has 2 aromatic rings. The quantitative estimate of drug-likeness (QED) is 0.781. The Hall–Kier alpha value is -2.41. The van der Waals surface area contributed by atoms with Crippen LogP contribution in [-0.4, -0.2) is 34.7 Å². The molecule has 0 aliphatic heterocycles. The molecule has 2 amide bonds. The standard InChI is InChI=1S/C19H25N3O3S/c1-18(2,3)25-17(24)20-12-19(4,5)22-15(23)10-11-16-21-13-8-6-7-9-14(13)26-16/h6-11H,12H2,1-5H3,(H,20,24)(H,22,23)/b11-10+. The van der Waals surface area contributed by atoms with Crippen LogP contribution in [0.3, 0.4) is 0 Å². The molecule has 26 heavy (non-hydrogen) atoms. The molecule has 0 aliphatic carbocycles. The Morgan fingerprint density at radius 1 is 1.19 bits per heavy atom. The molecule has 0 spiro atoms. The van der Waals surface area contributed by atoms with Gasteiger partial charge in [0, 0.05) is 12.6 Å². The predicted octanol–water partition coefficient (Wildman–Crippen LogP) is 3.73. The first-order valence-corrected chi connectivity index (χ1v) is 9.18. The number of alkyl carbamates (subject to hydrolysis) is 1. The first-order valence-electron chi connectivity index (χ1n) is 8.37. The van der Waals surface area contributed by atoms with Crippen LogP contribution in [0.4, 0.5) is 4.79 Å². The predicted molar refractivity (Wildman–Crippen MR) is 105 cm³/mol. The zero-order valence-electron chi connectivity index (χ0n) is 15.8. The number of fused-ring (bicyclic) bond motifs is 1. The summed E-state index contributed by atoms with van der Waals surface area (Å²) in [6.45, 7) is 9.30. The van der Waals surface area contributed by atoms with Crippen LogP contribution in [0.15, 0.2) is 30.3 Å². The van der Waals surface area contributed by atoms with Gasteiger partial charge in [-0.2, -0.15) is 0 Å². The van der Waals surface area contributed by atoms with Crippen LogP contribution >= 0.6 is 11.3 Å². The topological polar surface area (TPSA) is 80.3 Å². The summed E-state index contributed by atoms with van der Waals surface area (Å²) < 4.78 is 6.27. The second kappa shape index (κ2) is 7.86. The molecule has 2 rings (SSSR count). The third-order valence-electron chi connectivity index (χ3n) is 3.22. The van der Waals surface area contributed by atoms with E-state index in [4.69, 9.17) is 4.74 Å². The summed E-state index contributed by atoms with van der Waals surface area (Å²) in [5.74, 6) is -0.250. The summed E-state index contributed by atoms with van der Waals surface area (Å²) in [5.41, 5.74) is -0.261. The molecular weight excluding hydrogens is 350 g/mol. The largest absolute Gasteiger partial charge is 0.444 e. The number of amides is 2. The first kappa shape index (κ1) is 19.9. The Morgan fingerprint density at radius 3 is 2.54 bits per heavy atom. The fourth-order valence-corrected chi connectivity index (χ4v) is 3.01. The van der Waals surface area contributed by atoms with Gasteiger partial charge in [-0.05, 0) is 52.8 Å². The number of hydrogen-bond acceptors (Lipinski definition) is 5. The normalized spacial score (nSPS) is 12.3. The van der Waals surface area contributed by atoms with E-state index in [1.165, 1.54) is 17.4 Å². The number of carbonyl (C=O) groups excluding carboxylic acids is 2. The van der Waals surface area contributed by atoms with Crippen LogP contribution in [0.5, 0.6) is 0 Å². The van der Waals surface area contributed by atoms with E-state index in [0.717, 1.165) is 15.2 Å². The Balaban J connectivity index is 1.87. The van der Waals surface area contributed by atoms with Gasteiger partial charge in [0.25, 0.3) is 0 Å². The number of para-hydroxylation sites is 1. The zero-order valence-corrected chi connectivity index (χ0v) is 16.6. The lowest BCUT2D eigenvalue weighted by Gasteiger charge is -2.27. The zero-order chi connectivity index (χ0) is 19.4. The van der Waals surface area contributed by atoms with Gasteiger partial charge < -0.3 is 15.4 Å². The number of nitrogens with zero attached hydrogens (tertiary/aromatic N) is 1. The van der Waals surface area contributed by atoms with Gasteiger partial charge in [0.1, 0.15) is 10.6 Å². The van der Waals surface area contributed by atoms with Crippen molar-refractivity contribution in [1.82, 2.24) is 15.6 Å². The molecule has 0 fully saturated rings. The van der Waals surface area contributed by atoms with Gasteiger partial charge in [0.15, 0.2) is 0 Å². The number of thiazole rings is 1. The Kier molecular flexibility index (Phi) is 6.02. The number of hydrogen-bond donors (Lipinski definition) is 2. The van der Waals surface area contributed by atoms with Crippen LogP contribution in [-0.2, 0) is 9.53 Å². The van der Waals surface area contributed by atoms with E-state index >= 15 is 0 Å². The molecule has 0 aliphatic rings. The summed E-state index contributed by atoms with van der Waals surface area (Å²) in [6, 6.07) is 7.83. The van der Waals surface area contributed by atoms with Crippen molar-refractivity contribution in [2.45, 2.75) is 45.8 Å². The van der Waals surface area contributed by atoms with Crippen molar-refractivity contribution in [2.24, 2.45) is 0 Å². The van der Waals surface area contributed by atoms with Crippen molar-refractivity contribution in [3.8, 4) is 0 Å². The van der Waals surface area contributed by atoms with Crippen molar-refractivity contribution in [2.75, 3.05) is 6.54 Å². The lowest BCUT2D eigenvalue weighted by Crippen LogP contribution is -2.51. The van der Waals surface area contributed by atoms with Gasteiger partial charge in [0.05, 0.1) is 15.8 Å². The van der Waals surface area contributed by atoms with E-state index in [1.54, 1.807) is 26.8 Å². The van der Waals surface area contributed by atoms with E-state index < -0.39 is 17.2 Å². The minimum absolute atomic E-state index is 0.250. The highest BCUT2D eigenvalue weighted by molar-refractivity contribution is 7.19. The molecule has 1 aromatic carbocycles. The number of benzene rings is 1. The van der Waals surface area contributed by atoms with Crippen molar-refractivity contribution >= 4 is 39.6 Å². The van der Waals surface area contributed by atoms with Crippen molar-refractivity contribution in [1.29, 1.82) is 0 Å². The monoisotopic (exact) mass is 375 g/mol. The summed E-state index contributed by atoms with van der Waals surface area (Å²) >= 11 is 1.53. The fourth-order valence-electron chi connectivity index (χ4n) is 2.13. The fraction of sp³-hybridized carbons (Fsp3) is 0.421. The molecule has 0 bridgehead atoms. The third kappa shape index (κ3) is 6.48. The van der Waals surface area contributed by atoms with E-state index in [2.05, 4.69) is 15.6 Å². The average molecular weight is 375 g/mol. The van der Waals surface area contributed by atoms with Gasteiger partial charge >= 0.3 is 6.09 Å². The highest BCUT2D eigenvalue weighted by Crippen LogP contribution is 2.22. The maximum atomic E-state index is 12.2. The molecule has 7 heteroatoms. The van der Waals surface area contributed by atoms with Crippen LogP contribution < -0.4 is 10.6 Å². The molecule has 1 aromatic heterocycles. The summed E-state index contributed by atoms with van der Waals surface area (Å²) in [6.07, 6.45) is 2.63. The van der Waals surface area contributed by atoms with Crippen molar-refractivity contribution < 1.29 is 14.3 Å². The van der Waals surface area contributed by atoms with Gasteiger partial charge in [-0.25, -0.2) is 9.78 Å². The van der Waals surface area contributed by atoms with Crippen molar-refractivity contribution in [3.63, 3.8) is 0 Å². The molecular formula is C19H25N3O3S. The smallest absolute Gasteiger partial charge is 0.407 e. The van der Waals surface area contributed by atoms with Gasteiger partial charge in [-0.3, -0.25) is 4.79 Å². The maximum Gasteiger partial charge on any atom is 0.407 e. The average Bonchev–Trinajstić information content (AvgIpc) is 2.92. The van der Waals surface area contributed by atoms with E-state index in [9.17, 15) is 9.59 Å². The minimum Gasteiger partial charge on any atom is -0.444 e. The second-order valence-corrected chi connectivity index (χ2v) is 8.64. The van der Waals surface area contributed by atoms with Gasteiger partial charge in [-0.1, -0.05) is 12.1 Å². The third-order valence-corrected chi connectivity index (χ3v) is 4.22. The Morgan fingerprint density at radius 2 is 1.88 bits per heavy atom. The lowest BCUT2D eigenvalue weighted by atomic mass is 10.1. The lowest BCUT2D eigenvalue weighted by molar-refractivity contribution is -0.117. The first-order chi connectivity index (χ1) is 12.0. The molecule has 6 nitrogen and oxygen atoms in total. The molecule has 0 atom stereocenters. The highest BCUT2D eigenvalue weighted by atomic mass is 32.1. The van der Waals surface area contributed by atoms with E-state index in [-0.39, 0.29) is 12.5 Å². The van der Waals surface area contributed by atoms with E-state index in [0.29, 0.717) is 0 Å². The molecule has 140 valence electrons. The van der Waals surface area contributed by atoms with Crippen LogP contribution in [0.25, 0.3) is 16.3 Å². The van der Waals surface area contributed by atoms with Crippen LogP contribution in [0, 0.1) is 0 Å². The molecule has 2 N–H and O–H groups in total. The van der Waals surface area contributed by atoms with Crippen LogP contribution in [0.1, 0.15) is 39.6 Å². The molecule has 0 saturated carbocycles. The Bertz CT molecular complexity index is 786. The number of ether oxygens (including phenoxy) is 1. The minimum atomic E-state index is -0.619. The summed E-state index contributed by atoms with van der Waals surface area (Å²) in [7, 11) is 0. The Labute approximate surface area is 157 Å². The molecule has 0 radical (unpaired) electrons. The number of aromatic nitrogens is 1. The van der Waals surface area contributed by atoms with Crippen molar-refractivity contribution in [3.05, 3.63) is 35.3 Å². The second-order valence-electron chi connectivity index (χ2n) is 7.58.